The van der Waals surface area contributed by atoms with Crippen molar-refractivity contribution in [2.75, 3.05) is 6.61 Å². The van der Waals surface area contributed by atoms with Crippen LogP contribution in [0.1, 0.15) is 0 Å². The number of rotatable bonds is 3. The number of pyridine rings is 1. The van der Waals surface area contributed by atoms with Crippen molar-refractivity contribution in [2.24, 2.45) is 0 Å². The summed E-state index contributed by atoms with van der Waals surface area (Å²) < 4.78 is 18.0. The molecule has 0 amide bonds. The summed E-state index contributed by atoms with van der Waals surface area (Å²) in [5, 5.41) is 17.8. The molecule has 1 aromatic heterocycles. The van der Waals surface area contributed by atoms with E-state index in [4.69, 9.17) is 5.11 Å². The highest BCUT2D eigenvalue weighted by molar-refractivity contribution is 14.1. The zero-order chi connectivity index (χ0) is 10.7. The van der Waals surface area contributed by atoms with Crippen LogP contribution in [0.2, 0.25) is 0 Å². The third-order valence-corrected chi connectivity index (χ3v) is 2.39. The molecule has 0 saturated carbocycles. The molecule has 0 fully saturated rings. The molecule has 4 nitrogen and oxygen atoms in total. The van der Waals surface area contributed by atoms with Crippen molar-refractivity contribution < 1.29 is 19.3 Å². The SMILES string of the molecule is OCC(F)Oc1cc(I)nc(Br)c1O. The zero-order valence-corrected chi connectivity index (χ0v) is 10.5. The smallest absolute Gasteiger partial charge is 0.261 e. The monoisotopic (exact) mass is 377 g/mol. The number of aromatic nitrogens is 1. The highest BCUT2D eigenvalue weighted by Gasteiger charge is 2.14. The molecule has 1 aromatic rings. The first kappa shape index (κ1) is 11.9. The van der Waals surface area contributed by atoms with Crippen LogP contribution in [0.25, 0.3) is 0 Å². The van der Waals surface area contributed by atoms with Crippen LogP contribution in [0.5, 0.6) is 11.5 Å². The zero-order valence-electron chi connectivity index (χ0n) is 6.75. The summed E-state index contributed by atoms with van der Waals surface area (Å²) in [5.41, 5.74) is 0. The standard InChI is InChI=1S/C7H6BrFINO3/c8-7-6(13)3(1-5(10)11-7)14-4(9)2-12/h1,4,12-13H,2H2. The van der Waals surface area contributed by atoms with Crippen molar-refractivity contribution in [2.45, 2.75) is 6.36 Å². The summed E-state index contributed by atoms with van der Waals surface area (Å²) in [6.07, 6.45) is -1.86. The molecule has 7 heteroatoms. The van der Waals surface area contributed by atoms with Gasteiger partial charge in [0, 0.05) is 6.07 Å². The number of aliphatic hydroxyl groups is 1. The van der Waals surface area contributed by atoms with E-state index in [-0.39, 0.29) is 16.1 Å². The lowest BCUT2D eigenvalue weighted by Gasteiger charge is -2.10. The summed E-state index contributed by atoms with van der Waals surface area (Å²) in [6, 6.07) is 1.36. The third kappa shape index (κ3) is 2.92. The molecule has 2 N–H and O–H groups in total. The number of hydrogen-bond acceptors (Lipinski definition) is 4. The molecule has 0 aliphatic heterocycles. The Balaban J connectivity index is 2.96. The van der Waals surface area contributed by atoms with Gasteiger partial charge in [-0.2, -0.15) is 4.39 Å². The van der Waals surface area contributed by atoms with E-state index >= 15 is 0 Å². The molecule has 0 aliphatic rings. The largest absolute Gasteiger partial charge is 0.502 e. The van der Waals surface area contributed by atoms with E-state index in [2.05, 4.69) is 25.7 Å². The first-order valence-electron chi connectivity index (χ1n) is 3.51. The Morgan fingerprint density at radius 3 is 2.93 bits per heavy atom. The Labute approximate surface area is 101 Å². The van der Waals surface area contributed by atoms with Gasteiger partial charge in [-0.15, -0.1) is 0 Å². The Morgan fingerprint density at radius 2 is 2.36 bits per heavy atom. The molecule has 0 aliphatic carbocycles. The van der Waals surface area contributed by atoms with Gasteiger partial charge in [-0.05, 0) is 38.5 Å². The third-order valence-electron chi connectivity index (χ3n) is 1.28. The normalized spacial score (nSPS) is 12.6. The number of alkyl halides is 1. The summed E-state index contributed by atoms with van der Waals surface area (Å²) in [4.78, 5) is 3.86. The average molecular weight is 378 g/mol. The molecule has 0 saturated heterocycles. The number of hydrogen-bond donors (Lipinski definition) is 2. The Morgan fingerprint density at radius 1 is 1.71 bits per heavy atom. The molecule has 0 spiro atoms. The fourth-order valence-electron chi connectivity index (χ4n) is 0.722. The van der Waals surface area contributed by atoms with Gasteiger partial charge in [0.2, 0.25) is 0 Å². The van der Waals surface area contributed by atoms with Gasteiger partial charge in [0.1, 0.15) is 10.3 Å². The second-order valence-electron chi connectivity index (χ2n) is 2.29. The van der Waals surface area contributed by atoms with Gasteiger partial charge in [-0.25, -0.2) is 4.98 Å². The number of halogens is 3. The molecule has 14 heavy (non-hydrogen) atoms. The predicted octanol–water partition coefficient (Wildman–Crippen LogP) is 1.82. The summed E-state index contributed by atoms with van der Waals surface area (Å²) in [5.74, 6) is -0.348. The van der Waals surface area contributed by atoms with E-state index in [1.807, 2.05) is 22.6 Å². The van der Waals surface area contributed by atoms with Gasteiger partial charge in [0.15, 0.2) is 16.1 Å². The molecular formula is C7H6BrFINO3. The van der Waals surface area contributed by atoms with Crippen LogP contribution in [0, 0.1) is 3.70 Å². The summed E-state index contributed by atoms with van der Waals surface area (Å²) in [6.45, 7) is -0.768. The lowest BCUT2D eigenvalue weighted by molar-refractivity contribution is 0.0117. The van der Waals surface area contributed by atoms with E-state index in [9.17, 15) is 9.50 Å². The Kier molecular flexibility index (Phi) is 4.32. The van der Waals surface area contributed by atoms with Gasteiger partial charge in [-0.1, -0.05) is 0 Å². The summed E-state index contributed by atoms with van der Waals surface area (Å²) in [7, 11) is 0. The maximum absolute atomic E-state index is 12.6. The van der Waals surface area contributed by atoms with Crippen LogP contribution in [-0.4, -0.2) is 28.2 Å². The highest BCUT2D eigenvalue weighted by Crippen LogP contribution is 2.34. The van der Waals surface area contributed by atoms with E-state index in [0.717, 1.165) is 0 Å². The van der Waals surface area contributed by atoms with Crippen LogP contribution >= 0.6 is 38.5 Å². The van der Waals surface area contributed by atoms with Crippen LogP contribution in [0.15, 0.2) is 10.7 Å². The molecule has 1 heterocycles. The van der Waals surface area contributed by atoms with Crippen molar-refractivity contribution >= 4 is 38.5 Å². The van der Waals surface area contributed by atoms with Crippen LogP contribution in [0.3, 0.4) is 0 Å². The Hall–Kier alpha value is -0.150. The van der Waals surface area contributed by atoms with Gasteiger partial charge < -0.3 is 14.9 Å². The van der Waals surface area contributed by atoms with Crippen molar-refractivity contribution in [3.63, 3.8) is 0 Å². The number of nitrogens with zero attached hydrogens (tertiary/aromatic N) is 1. The maximum atomic E-state index is 12.6. The van der Waals surface area contributed by atoms with Gasteiger partial charge in [-0.3, -0.25) is 0 Å². The molecule has 0 radical (unpaired) electrons. The topological polar surface area (TPSA) is 62.6 Å². The van der Waals surface area contributed by atoms with Crippen LogP contribution < -0.4 is 4.74 Å². The van der Waals surface area contributed by atoms with Crippen LogP contribution in [0.4, 0.5) is 4.39 Å². The number of aromatic hydroxyl groups is 1. The quantitative estimate of drug-likeness (QED) is 0.623. The van der Waals surface area contributed by atoms with Crippen molar-refractivity contribution in [3.05, 3.63) is 14.4 Å². The average Bonchev–Trinajstić information content (AvgIpc) is 2.13. The van der Waals surface area contributed by atoms with Gasteiger partial charge >= 0.3 is 0 Å². The van der Waals surface area contributed by atoms with E-state index in [0.29, 0.717) is 3.70 Å². The Bertz CT molecular complexity index is 339. The summed E-state index contributed by atoms with van der Waals surface area (Å²) >= 11 is 4.87. The van der Waals surface area contributed by atoms with Crippen molar-refractivity contribution in [1.29, 1.82) is 0 Å². The fraction of sp³-hybridized carbons (Fsp3) is 0.286. The number of aliphatic hydroxyl groups excluding tert-OH is 1. The first-order valence-corrected chi connectivity index (χ1v) is 5.38. The molecule has 78 valence electrons. The van der Waals surface area contributed by atoms with Crippen molar-refractivity contribution in [1.82, 2.24) is 4.98 Å². The minimum Gasteiger partial charge on any atom is -0.502 e. The molecule has 1 rings (SSSR count). The lowest BCUT2D eigenvalue weighted by Crippen LogP contribution is -2.14. The second-order valence-corrected chi connectivity index (χ2v) is 4.15. The molecule has 0 bridgehead atoms. The van der Waals surface area contributed by atoms with Crippen LogP contribution in [-0.2, 0) is 0 Å². The van der Waals surface area contributed by atoms with Gasteiger partial charge in [0.05, 0.1) is 0 Å². The minimum absolute atomic E-state index is 0.0576. The van der Waals surface area contributed by atoms with Crippen molar-refractivity contribution in [3.8, 4) is 11.5 Å². The fourth-order valence-corrected chi connectivity index (χ4v) is 1.96. The lowest BCUT2D eigenvalue weighted by atomic mass is 10.4. The molecule has 0 aromatic carbocycles. The second kappa shape index (κ2) is 5.08. The number of ether oxygens (including phenoxy) is 1. The van der Waals surface area contributed by atoms with Gasteiger partial charge in [0.25, 0.3) is 6.36 Å². The maximum Gasteiger partial charge on any atom is 0.261 e. The van der Waals surface area contributed by atoms with E-state index in [1.54, 1.807) is 0 Å². The molecular weight excluding hydrogens is 372 g/mol. The first-order chi connectivity index (χ1) is 6.54. The molecule has 1 atom stereocenters. The molecule has 1 unspecified atom stereocenters. The van der Waals surface area contributed by atoms with E-state index < -0.39 is 13.0 Å². The highest BCUT2D eigenvalue weighted by atomic mass is 127. The minimum atomic E-state index is -1.86. The van der Waals surface area contributed by atoms with E-state index in [1.165, 1.54) is 6.07 Å². The predicted molar refractivity (Wildman–Crippen MR) is 58.9 cm³/mol.